The number of aliphatic imine (C=N–C) groups is 1. The number of anilines is 2. The van der Waals surface area contributed by atoms with Gasteiger partial charge in [-0.05, 0) is 44.2 Å². The molecule has 2 aromatic carbocycles. The van der Waals surface area contributed by atoms with Crippen molar-refractivity contribution in [2.45, 2.75) is 19.9 Å². The number of fused-ring (bicyclic) bond motifs is 1. The van der Waals surface area contributed by atoms with E-state index in [-0.39, 0.29) is 29.1 Å². The molecule has 0 bridgehead atoms. The molecule has 0 radical (unpaired) electrons. The second-order valence-electron chi connectivity index (χ2n) is 8.91. The number of oxazole rings is 1. The second-order valence-corrected chi connectivity index (χ2v) is 9.31. The smallest absolute Gasteiger partial charge is 0.323 e. The minimum absolute atomic E-state index is 0.0965. The van der Waals surface area contributed by atoms with Crippen LogP contribution in [-0.4, -0.2) is 50.1 Å². The molecule has 1 unspecified atom stereocenters. The van der Waals surface area contributed by atoms with E-state index < -0.39 is 24.5 Å². The predicted octanol–water partition coefficient (Wildman–Crippen LogP) is 4.90. The summed E-state index contributed by atoms with van der Waals surface area (Å²) in [6.07, 6.45) is 1.41. The van der Waals surface area contributed by atoms with Gasteiger partial charge in [0, 0.05) is 28.0 Å². The molecule has 0 saturated carbocycles. The van der Waals surface area contributed by atoms with Crippen molar-refractivity contribution in [3.8, 4) is 0 Å². The van der Waals surface area contributed by atoms with E-state index in [4.69, 9.17) is 21.0 Å². The summed E-state index contributed by atoms with van der Waals surface area (Å²) in [5, 5.41) is 15.8. The number of carboxylic acid groups (broad SMARTS) is 1. The van der Waals surface area contributed by atoms with Gasteiger partial charge in [0.05, 0.1) is 5.57 Å². The predicted molar refractivity (Wildman–Crippen MR) is 149 cm³/mol. The van der Waals surface area contributed by atoms with Gasteiger partial charge in [-0.3, -0.25) is 19.7 Å². The van der Waals surface area contributed by atoms with E-state index in [0.29, 0.717) is 32.9 Å². The minimum Gasteiger partial charge on any atom is -0.480 e. The summed E-state index contributed by atoms with van der Waals surface area (Å²) in [6, 6.07) is 16.2. The van der Waals surface area contributed by atoms with Gasteiger partial charge in [-0.15, -0.1) is 0 Å². The van der Waals surface area contributed by atoms with E-state index in [2.05, 4.69) is 20.6 Å². The number of hydrogen-bond donors (Lipinski definition) is 3. The average Bonchev–Trinajstić information content (AvgIpc) is 3.33. The van der Waals surface area contributed by atoms with Crippen molar-refractivity contribution in [2.75, 3.05) is 17.2 Å². The molecule has 11 nitrogen and oxygen atoms in total. The SMILES string of the molecule is CC(=O)c1ccnc(NC(=O)C2=C(C)N(CC(=O)O)C(Nc3nc4ccccc4o3)=NC2c2ccccc2Cl)c1. The Morgan fingerprint density at radius 3 is 2.58 bits per heavy atom. The first-order valence-corrected chi connectivity index (χ1v) is 12.5. The van der Waals surface area contributed by atoms with Crippen LogP contribution >= 0.6 is 11.6 Å². The molecular formula is C28H23ClN6O5. The van der Waals surface area contributed by atoms with Crippen molar-refractivity contribution in [3.63, 3.8) is 0 Å². The number of benzene rings is 2. The van der Waals surface area contributed by atoms with E-state index in [1.165, 1.54) is 24.1 Å². The Hall–Kier alpha value is -5.03. The first-order chi connectivity index (χ1) is 19.2. The number of aromatic nitrogens is 2. The maximum absolute atomic E-state index is 13.7. The molecule has 3 N–H and O–H groups in total. The fraction of sp³-hybridized carbons (Fsp3) is 0.143. The number of nitrogens with zero attached hydrogens (tertiary/aromatic N) is 4. The zero-order chi connectivity index (χ0) is 28.4. The molecule has 2 aromatic heterocycles. The third kappa shape index (κ3) is 5.40. The molecule has 0 aliphatic carbocycles. The van der Waals surface area contributed by atoms with Gasteiger partial charge in [-0.25, -0.2) is 9.98 Å². The van der Waals surface area contributed by atoms with Crippen molar-refractivity contribution in [1.82, 2.24) is 14.9 Å². The van der Waals surface area contributed by atoms with E-state index in [0.717, 1.165) is 0 Å². The van der Waals surface area contributed by atoms with E-state index in [1.807, 2.05) is 6.07 Å². The van der Waals surface area contributed by atoms with Crippen LogP contribution in [0.2, 0.25) is 5.02 Å². The summed E-state index contributed by atoms with van der Waals surface area (Å²) < 4.78 is 5.77. The highest BCUT2D eigenvalue weighted by Gasteiger charge is 2.36. The number of Topliss-reactive ketones (excluding diaryl/α,β-unsaturated/α-hetero) is 1. The molecular weight excluding hydrogens is 536 g/mol. The highest BCUT2D eigenvalue weighted by Crippen LogP contribution is 2.38. The normalized spacial score (nSPS) is 15.1. The highest BCUT2D eigenvalue weighted by molar-refractivity contribution is 6.31. The van der Waals surface area contributed by atoms with Gasteiger partial charge in [0.15, 0.2) is 11.4 Å². The van der Waals surface area contributed by atoms with E-state index in [9.17, 15) is 19.5 Å². The van der Waals surface area contributed by atoms with Gasteiger partial charge >= 0.3 is 12.0 Å². The fourth-order valence-corrected chi connectivity index (χ4v) is 4.56. The molecule has 1 aliphatic heterocycles. The maximum Gasteiger partial charge on any atom is 0.323 e. The molecule has 0 spiro atoms. The average molecular weight is 559 g/mol. The van der Waals surface area contributed by atoms with Crippen molar-refractivity contribution in [2.24, 2.45) is 4.99 Å². The number of amides is 1. The number of ketones is 1. The number of carbonyl (C=O) groups is 3. The number of aliphatic carboxylic acids is 1. The number of pyridine rings is 1. The monoisotopic (exact) mass is 558 g/mol. The van der Waals surface area contributed by atoms with Crippen molar-refractivity contribution in [1.29, 1.82) is 0 Å². The lowest BCUT2D eigenvalue weighted by Crippen LogP contribution is -2.43. The number of carboxylic acids is 1. The Kier molecular flexibility index (Phi) is 7.30. The Balaban J connectivity index is 1.59. The lowest BCUT2D eigenvalue weighted by Gasteiger charge is -2.34. The fourth-order valence-electron chi connectivity index (χ4n) is 4.32. The van der Waals surface area contributed by atoms with Crippen LogP contribution in [0.4, 0.5) is 11.8 Å². The molecule has 0 saturated heterocycles. The van der Waals surface area contributed by atoms with Gasteiger partial charge < -0.3 is 19.7 Å². The Labute approximate surface area is 233 Å². The van der Waals surface area contributed by atoms with Gasteiger partial charge in [-0.2, -0.15) is 4.98 Å². The summed E-state index contributed by atoms with van der Waals surface area (Å²) in [5.41, 5.74) is 2.47. The van der Waals surface area contributed by atoms with Crippen LogP contribution < -0.4 is 10.6 Å². The lowest BCUT2D eigenvalue weighted by atomic mass is 9.95. The third-order valence-electron chi connectivity index (χ3n) is 6.23. The van der Waals surface area contributed by atoms with E-state index in [1.54, 1.807) is 55.5 Å². The minimum atomic E-state index is -1.15. The van der Waals surface area contributed by atoms with Crippen LogP contribution in [0.5, 0.6) is 0 Å². The molecule has 5 rings (SSSR count). The Bertz CT molecular complexity index is 1680. The van der Waals surface area contributed by atoms with Gasteiger partial charge in [0.25, 0.3) is 5.91 Å². The summed E-state index contributed by atoms with van der Waals surface area (Å²) in [7, 11) is 0. The summed E-state index contributed by atoms with van der Waals surface area (Å²) in [5.74, 6) is -1.68. The van der Waals surface area contributed by atoms with Crippen molar-refractivity contribution in [3.05, 3.63) is 94.3 Å². The summed E-state index contributed by atoms with van der Waals surface area (Å²) in [4.78, 5) is 52.1. The number of guanidine groups is 1. The highest BCUT2D eigenvalue weighted by atomic mass is 35.5. The third-order valence-corrected chi connectivity index (χ3v) is 6.58. The van der Waals surface area contributed by atoms with Crippen LogP contribution in [0.1, 0.15) is 35.8 Å². The zero-order valence-corrected chi connectivity index (χ0v) is 22.1. The van der Waals surface area contributed by atoms with Gasteiger partial charge in [0.1, 0.15) is 23.9 Å². The molecule has 3 heterocycles. The molecule has 0 fully saturated rings. The van der Waals surface area contributed by atoms with Gasteiger partial charge in [0.2, 0.25) is 5.96 Å². The van der Waals surface area contributed by atoms with Crippen LogP contribution in [0.25, 0.3) is 11.1 Å². The van der Waals surface area contributed by atoms with Crippen LogP contribution in [0.15, 0.2) is 87.5 Å². The van der Waals surface area contributed by atoms with Crippen LogP contribution in [0.3, 0.4) is 0 Å². The summed E-state index contributed by atoms with van der Waals surface area (Å²) >= 11 is 6.54. The van der Waals surface area contributed by atoms with Crippen LogP contribution in [0, 0.1) is 0 Å². The van der Waals surface area contributed by atoms with Crippen LogP contribution in [-0.2, 0) is 9.59 Å². The molecule has 1 aliphatic rings. The maximum atomic E-state index is 13.7. The molecule has 202 valence electrons. The van der Waals surface area contributed by atoms with Crippen molar-refractivity contribution < 1.29 is 23.9 Å². The number of rotatable bonds is 7. The Morgan fingerprint density at radius 2 is 1.85 bits per heavy atom. The van der Waals surface area contributed by atoms with E-state index >= 15 is 0 Å². The number of hydrogen-bond acceptors (Lipinski definition) is 9. The van der Waals surface area contributed by atoms with Crippen molar-refractivity contribution >= 4 is 58.2 Å². The Morgan fingerprint density at radius 1 is 1.10 bits per heavy atom. The molecule has 1 amide bonds. The number of para-hydroxylation sites is 2. The largest absolute Gasteiger partial charge is 0.480 e. The number of halogens is 1. The number of carbonyl (C=O) groups excluding carboxylic acids is 2. The molecule has 12 heteroatoms. The number of allylic oxidation sites excluding steroid dienone is 1. The quantitative estimate of drug-likeness (QED) is 0.269. The summed E-state index contributed by atoms with van der Waals surface area (Å²) in [6.45, 7) is 2.51. The zero-order valence-electron chi connectivity index (χ0n) is 21.4. The first kappa shape index (κ1) is 26.6. The second kappa shape index (κ2) is 11.0. The lowest BCUT2D eigenvalue weighted by molar-refractivity contribution is -0.137. The molecule has 1 atom stereocenters. The molecule has 4 aromatic rings. The topological polar surface area (TPSA) is 150 Å². The molecule has 40 heavy (non-hydrogen) atoms. The first-order valence-electron chi connectivity index (χ1n) is 12.1. The number of nitrogens with one attached hydrogen (secondary N) is 2. The van der Waals surface area contributed by atoms with Gasteiger partial charge in [-0.1, -0.05) is 41.9 Å². The standard InChI is InChI=1S/C28H23ClN6O5/c1-15-24(26(39)32-22-13-17(16(2)36)11-12-30-22)25(18-7-3-4-8-19(18)29)33-27(35(15)14-23(37)38)34-28-31-20-9-5-6-10-21(20)40-28/h3-13,25H,14H2,1-2H3,(H,37,38)(H,30,32,39)(H,31,33,34).